The minimum absolute atomic E-state index is 0.0312. The number of esters is 1. The molecule has 0 aromatic rings. The molecular formula is C46H80O2. The molecule has 0 aromatic heterocycles. The molecule has 0 aliphatic heterocycles. The second-order valence-electron chi connectivity index (χ2n) is 20.7. The van der Waals surface area contributed by atoms with Gasteiger partial charge in [-0.3, -0.25) is 4.79 Å². The zero-order valence-corrected chi connectivity index (χ0v) is 33.7. The lowest BCUT2D eigenvalue weighted by atomic mass is 9.33. The van der Waals surface area contributed by atoms with Crippen LogP contribution in [0.1, 0.15) is 216 Å². The summed E-state index contributed by atoms with van der Waals surface area (Å²) < 4.78 is 6.41. The number of unbranched alkanes of at least 4 members (excludes halogenated alkanes) is 12. The summed E-state index contributed by atoms with van der Waals surface area (Å²) in [6.45, 7) is 23.0. The van der Waals surface area contributed by atoms with E-state index in [0.29, 0.717) is 39.4 Å². The molecule has 48 heavy (non-hydrogen) atoms. The van der Waals surface area contributed by atoms with Gasteiger partial charge in [-0.05, 0) is 115 Å². The number of allylic oxidation sites excluding steroid dienone is 2. The molecule has 8 unspecified atom stereocenters. The summed E-state index contributed by atoms with van der Waals surface area (Å²) in [6.07, 6.45) is 34.0. The second kappa shape index (κ2) is 15.1. The third-order valence-electron chi connectivity index (χ3n) is 16.8. The molecule has 5 aliphatic carbocycles. The summed E-state index contributed by atoms with van der Waals surface area (Å²) in [5, 5.41) is 0. The van der Waals surface area contributed by atoms with Gasteiger partial charge in [0.1, 0.15) is 6.10 Å². The molecule has 0 saturated heterocycles. The van der Waals surface area contributed by atoms with Gasteiger partial charge in [0.05, 0.1) is 0 Å². The second-order valence-corrected chi connectivity index (χ2v) is 20.7. The highest BCUT2D eigenvalue weighted by molar-refractivity contribution is 5.69. The molecule has 0 heterocycles. The molecule has 0 aromatic carbocycles. The van der Waals surface area contributed by atoms with Crippen LogP contribution < -0.4 is 0 Å². The molecule has 4 fully saturated rings. The van der Waals surface area contributed by atoms with E-state index in [4.69, 9.17) is 4.74 Å². The predicted molar refractivity (Wildman–Crippen MR) is 205 cm³/mol. The van der Waals surface area contributed by atoms with Gasteiger partial charge < -0.3 is 4.74 Å². The molecule has 8 atom stereocenters. The molecule has 5 rings (SSSR count). The van der Waals surface area contributed by atoms with Gasteiger partial charge in [-0.25, -0.2) is 0 Å². The number of carbonyl (C=O) groups excluding carboxylic acids is 1. The van der Waals surface area contributed by atoms with E-state index >= 15 is 0 Å². The van der Waals surface area contributed by atoms with Crippen molar-refractivity contribution in [1.29, 1.82) is 0 Å². The Morgan fingerprint density at radius 3 is 1.90 bits per heavy atom. The molecule has 4 saturated carbocycles. The molecular weight excluding hydrogens is 585 g/mol. The Kier molecular flexibility index (Phi) is 12.1. The first-order valence-electron chi connectivity index (χ1n) is 21.5. The van der Waals surface area contributed by atoms with Crippen LogP contribution in [0.2, 0.25) is 0 Å². The summed E-state index contributed by atoms with van der Waals surface area (Å²) in [6, 6.07) is 0. The first-order chi connectivity index (χ1) is 22.6. The fourth-order valence-electron chi connectivity index (χ4n) is 13.2. The largest absolute Gasteiger partial charge is 0.462 e. The average Bonchev–Trinajstić information content (AvgIpc) is 3.02. The maximum atomic E-state index is 13.2. The van der Waals surface area contributed by atoms with E-state index in [9.17, 15) is 4.79 Å². The molecule has 5 aliphatic rings. The molecule has 276 valence electrons. The third-order valence-corrected chi connectivity index (χ3v) is 16.8. The third kappa shape index (κ3) is 7.41. The lowest BCUT2D eigenvalue weighted by Crippen LogP contribution is -2.64. The molecule has 2 nitrogen and oxygen atoms in total. The maximum absolute atomic E-state index is 13.2. The van der Waals surface area contributed by atoms with Gasteiger partial charge in [0, 0.05) is 11.8 Å². The standard InChI is InChI=1S/C46H80O2/c1-10-11-12-13-14-15-16-17-18-19-20-21-22-23-40(47)48-39-27-28-44(7)37(42(39,4)5)26-29-46(9)38(44)25-24-35-36-34-41(2,3)30-31-43(36,6)32-33-45(35,46)8/h24,36-39H,10-23,25-34H2,1-9H3. The first kappa shape index (κ1) is 38.4. The van der Waals surface area contributed by atoms with E-state index in [1.54, 1.807) is 0 Å². The van der Waals surface area contributed by atoms with Crippen molar-refractivity contribution in [2.45, 2.75) is 223 Å². The highest BCUT2D eigenvalue weighted by Crippen LogP contribution is 2.75. The predicted octanol–water partition coefficient (Wildman–Crippen LogP) is 14.2. The van der Waals surface area contributed by atoms with Crippen LogP contribution in [0.4, 0.5) is 0 Å². The minimum atomic E-state index is 0.0312. The number of fused-ring (bicyclic) bond motifs is 7. The van der Waals surface area contributed by atoms with Crippen molar-refractivity contribution in [1.82, 2.24) is 0 Å². The topological polar surface area (TPSA) is 26.3 Å². The highest BCUT2D eigenvalue weighted by Gasteiger charge is 2.68. The van der Waals surface area contributed by atoms with Crippen LogP contribution in [0.25, 0.3) is 0 Å². The quantitative estimate of drug-likeness (QED) is 0.0989. The lowest BCUT2D eigenvalue weighted by molar-refractivity contribution is -0.212. The highest BCUT2D eigenvalue weighted by atomic mass is 16.5. The van der Waals surface area contributed by atoms with Crippen molar-refractivity contribution in [3.8, 4) is 0 Å². The SMILES string of the molecule is CCCCCCCCCCCCCCCC(=O)OC1CCC2(C)C(CCC3(C)C2CC=C2C4CC(C)(C)CCC4(C)CCC23C)C1(C)C. The number of rotatable bonds is 15. The normalized spacial score (nSPS) is 39.7. The Hall–Kier alpha value is -0.790. The van der Waals surface area contributed by atoms with Crippen molar-refractivity contribution < 1.29 is 9.53 Å². The zero-order valence-electron chi connectivity index (χ0n) is 33.7. The molecule has 0 N–H and O–H groups in total. The summed E-state index contributed by atoms with van der Waals surface area (Å²) >= 11 is 0. The number of ether oxygens (including phenoxy) is 1. The Morgan fingerprint density at radius 2 is 1.27 bits per heavy atom. The smallest absolute Gasteiger partial charge is 0.306 e. The van der Waals surface area contributed by atoms with Crippen LogP contribution in [0.5, 0.6) is 0 Å². The fraction of sp³-hybridized carbons (Fsp3) is 0.935. The Bertz CT molecular complexity index is 1120. The summed E-state index contributed by atoms with van der Waals surface area (Å²) in [7, 11) is 0. The van der Waals surface area contributed by atoms with Crippen LogP contribution in [0.3, 0.4) is 0 Å². The summed E-state index contributed by atoms with van der Waals surface area (Å²) in [4.78, 5) is 13.2. The van der Waals surface area contributed by atoms with Crippen LogP contribution in [0, 0.1) is 50.2 Å². The molecule has 0 spiro atoms. The average molecular weight is 665 g/mol. The Morgan fingerprint density at radius 1 is 0.688 bits per heavy atom. The molecule has 0 bridgehead atoms. The van der Waals surface area contributed by atoms with E-state index in [-0.39, 0.29) is 17.5 Å². The van der Waals surface area contributed by atoms with Crippen molar-refractivity contribution in [3.05, 3.63) is 11.6 Å². The van der Waals surface area contributed by atoms with Crippen LogP contribution in [0.15, 0.2) is 11.6 Å². The van der Waals surface area contributed by atoms with E-state index in [0.717, 1.165) is 24.7 Å². The van der Waals surface area contributed by atoms with Crippen molar-refractivity contribution in [2.24, 2.45) is 50.2 Å². The fourth-order valence-corrected chi connectivity index (χ4v) is 13.2. The van der Waals surface area contributed by atoms with Gasteiger partial charge in [-0.1, -0.05) is 151 Å². The Labute approximate surface area is 299 Å². The van der Waals surface area contributed by atoms with E-state index in [1.807, 2.05) is 5.57 Å². The molecule has 0 radical (unpaired) electrons. The van der Waals surface area contributed by atoms with Crippen LogP contribution in [-0.4, -0.2) is 12.1 Å². The van der Waals surface area contributed by atoms with Gasteiger partial charge >= 0.3 is 5.97 Å². The zero-order chi connectivity index (χ0) is 34.8. The molecule has 2 heteroatoms. The minimum Gasteiger partial charge on any atom is -0.462 e. The lowest BCUT2D eigenvalue weighted by Gasteiger charge is -2.71. The van der Waals surface area contributed by atoms with Gasteiger partial charge in [-0.15, -0.1) is 0 Å². The van der Waals surface area contributed by atoms with E-state index in [2.05, 4.69) is 68.4 Å². The van der Waals surface area contributed by atoms with Gasteiger partial charge in [0.25, 0.3) is 0 Å². The van der Waals surface area contributed by atoms with Crippen molar-refractivity contribution in [3.63, 3.8) is 0 Å². The van der Waals surface area contributed by atoms with Crippen LogP contribution in [-0.2, 0) is 9.53 Å². The Balaban J connectivity index is 1.12. The molecule has 0 amide bonds. The van der Waals surface area contributed by atoms with Gasteiger partial charge in [-0.2, -0.15) is 0 Å². The van der Waals surface area contributed by atoms with Crippen molar-refractivity contribution >= 4 is 5.97 Å². The van der Waals surface area contributed by atoms with Gasteiger partial charge in [0.15, 0.2) is 0 Å². The maximum Gasteiger partial charge on any atom is 0.306 e. The van der Waals surface area contributed by atoms with E-state index < -0.39 is 0 Å². The summed E-state index contributed by atoms with van der Waals surface area (Å²) in [5.41, 5.74) is 3.87. The van der Waals surface area contributed by atoms with Gasteiger partial charge in [0.2, 0.25) is 0 Å². The first-order valence-corrected chi connectivity index (χ1v) is 21.5. The number of carbonyl (C=O) groups is 1. The van der Waals surface area contributed by atoms with Crippen molar-refractivity contribution in [2.75, 3.05) is 0 Å². The monoisotopic (exact) mass is 665 g/mol. The van der Waals surface area contributed by atoms with E-state index in [1.165, 1.54) is 135 Å². The summed E-state index contributed by atoms with van der Waals surface area (Å²) in [5.74, 6) is 2.18. The van der Waals surface area contributed by atoms with Crippen LogP contribution >= 0.6 is 0 Å². The number of hydrogen-bond acceptors (Lipinski definition) is 2. The number of hydrogen-bond donors (Lipinski definition) is 0.